The Balaban J connectivity index is 3.13. The highest BCUT2D eigenvalue weighted by Crippen LogP contribution is 2.19. The zero-order chi connectivity index (χ0) is 8.43. The van der Waals surface area contributed by atoms with Gasteiger partial charge in [-0.1, -0.05) is 13.8 Å². The third-order valence-corrected chi connectivity index (χ3v) is 1.49. The molecule has 4 heteroatoms. The summed E-state index contributed by atoms with van der Waals surface area (Å²) in [5.74, 6) is 1.23. The number of nitrogens with zero attached hydrogens (tertiary/aromatic N) is 2. The van der Waals surface area contributed by atoms with E-state index in [-0.39, 0.29) is 0 Å². The molecule has 0 aliphatic carbocycles. The van der Waals surface area contributed by atoms with E-state index >= 15 is 0 Å². The van der Waals surface area contributed by atoms with Crippen LogP contribution in [-0.2, 0) is 0 Å². The SMILES string of the molecule is CC(C)c1cc(N)nnc1N. The molecule has 0 aromatic carbocycles. The fourth-order valence-electron chi connectivity index (χ4n) is 0.894. The second kappa shape index (κ2) is 2.74. The van der Waals surface area contributed by atoms with Gasteiger partial charge in [0.2, 0.25) is 0 Å². The Labute approximate surface area is 65.6 Å². The Kier molecular flexibility index (Phi) is 1.94. The van der Waals surface area contributed by atoms with Crippen LogP contribution in [0.3, 0.4) is 0 Å². The van der Waals surface area contributed by atoms with Gasteiger partial charge >= 0.3 is 0 Å². The van der Waals surface area contributed by atoms with Crippen LogP contribution in [0.2, 0.25) is 0 Å². The van der Waals surface area contributed by atoms with Crippen molar-refractivity contribution in [1.82, 2.24) is 10.2 Å². The van der Waals surface area contributed by atoms with Gasteiger partial charge in [0.15, 0.2) is 0 Å². The van der Waals surface area contributed by atoms with Gasteiger partial charge < -0.3 is 11.5 Å². The van der Waals surface area contributed by atoms with E-state index in [2.05, 4.69) is 10.2 Å². The number of anilines is 2. The molecule has 4 N–H and O–H groups in total. The van der Waals surface area contributed by atoms with Gasteiger partial charge in [0.05, 0.1) is 0 Å². The summed E-state index contributed by atoms with van der Waals surface area (Å²) in [6.45, 7) is 4.07. The molecule has 1 aromatic rings. The molecule has 0 unspecified atom stereocenters. The van der Waals surface area contributed by atoms with Crippen molar-refractivity contribution < 1.29 is 0 Å². The Morgan fingerprint density at radius 1 is 1.27 bits per heavy atom. The molecule has 0 radical (unpaired) electrons. The van der Waals surface area contributed by atoms with Crippen molar-refractivity contribution in [3.05, 3.63) is 11.6 Å². The third-order valence-electron chi connectivity index (χ3n) is 1.49. The molecule has 0 saturated carbocycles. The van der Waals surface area contributed by atoms with Gasteiger partial charge in [0, 0.05) is 5.56 Å². The molecule has 0 spiro atoms. The maximum Gasteiger partial charge on any atom is 0.149 e. The Morgan fingerprint density at radius 3 is 2.36 bits per heavy atom. The number of nitrogens with two attached hydrogens (primary N) is 2. The van der Waals surface area contributed by atoms with Crippen LogP contribution in [0, 0.1) is 0 Å². The van der Waals surface area contributed by atoms with Gasteiger partial charge in [-0.3, -0.25) is 0 Å². The molecule has 1 aromatic heterocycles. The van der Waals surface area contributed by atoms with E-state index in [1.165, 1.54) is 0 Å². The minimum Gasteiger partial charge on any atom is -0.382 e. The lowest BCUT2D eigenvalue weighted by molar-refractivity contribution is 0.850. The van der Waals surface area contributed by atoms with Crippen molar-refractivity contribution in [3.63, 3.8) is 0 Å². The molecule has 0 aliphatic rings. The van der Waals surface area contributed by atoms with Crippen molar-refractivity contribution in [1.29, 1.82) is 0 Å². The normalized spacial score (nSPS) is 10.5. The highest BCUT2D eigenvalue weighted by molar-refractivity contribution is 5.45. The molecule has 0 atom stereocenters. The summed E-state index contributed by atoms with van der Waals surface area (Å²) >= 11 is 0. The molecular formula is C7H12N4. The number of nitrogen functional groups attached to an aromatic ring is 2. The first-order valence-corrected chi connectivity index (χ1v) is 3.50. The Hall–Kier alpha value is -1.32. The van der Waals surface area contributed by atoms with E-state index in [0.29, 0.717) is 17.6 Å². The van der Waals surface area contributed by atoms with Gasteiger partial charge in [-0.2, -0.15) is 0 Å². The summed E-state index contributed by atoms with van der Waals surface area (Å²) in [5.41, 5.74) is 12.0. The summed E-state index contributed by atoms with van der Waals surface area (Å²) < 4.78 is 0. The van der Waals surface area contributed by atoms with E-state index in [1.807, 2.05) is 13.8 Å². The number of rotatable bonds is 1. The fraction of sp³-hybridized carbons (Fsp3) is 0.429. The van der Waals surface area contributed by atoms with Crippen LogP contribution >= 0.6 is 0 Å². The minimum atomic E-state index is 0.341. The molecule has 60 valence electrons. The van der Waals surface area contributed by atoms with Crippen LogP contribution in [-0.4, -0.2) is 10.2 Å². The first-order valence-electron chi connectivity index (χ1n) is 3.50. The summed E-state index contributed by atoms with van der Waals surface area (Å²) in [6.07, 6.45) is 0. The average molecular weight is 152 g/mol. The molecular weight excluding hydrogens is 140 g/mol. The van der Waals surface area contributed by atoms with Gasteiger partial charge in [0.1, 0.15) is 11.6 Å². The van der Waals surface area contributed by atoms with Crippen LogP contribution in [0.25, 0.3) is 0 Å². The van der Waals surface area contributed by atoms with Crippen LogP contribution in [0.15, 0.2) is 6.07 Å². The van der Waals surface area contributed by atoms with E-state index < -0.39 is 0 Å². The van der Waals surface area contributed by atoms with E-state index in [4.69, 9.17) is 11.5 Å². The largest absolute Gasteiger partial charge is 0.382 e. The second-order valence-corrected chi connectivity index (χ2v) is 2.76. The van der Waals surface area contributed by atoms with Crippen LogP contribution in [0.5, 0.6) is 0 Å². The lowest BCUT2D eigenvalue weighted by Crippen LogP contribution is -2.03. The first kappa shape index (κ1) is 7.78. The predicted molar refractivity (Wildman–Crippen MR) is 44.9 cm³/mol. The molecule has 0 bridgehead atoms. The summed E-state index contributed by atoms with van der Waals surface area (Å²) in [4.78, 5) is 0. The zero-order valence-corrected chi connectivity index (χ0v) is 6.70. The molecule has 0 aliphatic heterocycles. The number of aromatic nitrogens is 2. The minimum absolute atomic E-state index is 0.341. The van der Waals surface area contributed by atoms with Crippen molar-refractivity contribution in [3.8, 4) is 0 Å². The van der Waals surface area contributed by atoms with Gasteiger partial charge in [-0.15, -0.1) is 10.2 Å². The fourth-order valence-corrected chi connectivity index (χ4v) is 0.894. The van der Waals surface area contributed by atoms with Crippen LogP contribution in [0.1, 0.15) is 25.3 Å². The lowest BCUT2D eigenvalue weighted by Gasteiger charge is -2.06. The standard InChI is InChI=1S/C7H12N4/c1-4(2)5-3-6(8)10-11-7(5)9/h3-4H,1-2H3,(H2,8,10)(H2,9,11). The van der Waals surface area contributed by atoms with Gasteiger partial charge in [-0.05, 0) is 12.0 Å². The van der Waals surface area contributed by atoms with Crippen molar-refractivity contribution >= 4 is 11.6 Å². The van der Waals surface area contributed by atoms with Crippen LogP contribution in [0.4, 0.5) is 11.6 Å². The number of hydrogen-bond donors (Lipinski definition) is 2. The molecule has 1 rings (SSSR count). The van der Waals surface area contributed by atoms with Crippen molar-refractivity contribution in [2.75, 3.05) is 11.5 Å². The van der Waals surface area contributed by atoms with Gasteiger partial charge in [0.25, 0.3) is 0 Å². The maximum atomic E-state index is 5.56. The summed E-state index contributed by atoms with van der Waals surface area (Å²) in [6, 6.07) is 1.76. The third kappa shape index (κ3) is 1.58. The monoisotopic (exact) mass is 152 g/mol. The highest BCUT2D eigenvalue weighted by Gasteiger charge is 2.05. The molecule has 4 nitrogen and oxygen atoms in total. The molecule has 0 amide bonds. The van der Waals surface area contributed by atoms with Crippen molar-refractivity contribution in [2.24, 2.45) is 0 Å². The summed E-state index contributed by atoms with van der Waals surface area (Å²) in [5, 5.41) is 7.33. The van der Waals surface area contributed by atoms with Crippen LogP contribution < -0.4 is 11.5 Å². The van der Waals surface area contributed by atoms with E-state index in [1.54, 1.807) is 6.07 Å². The first-order chi connectivity index (χ1) is 5.11. The highest BCUT2D eigenvalue weighted by atomic mass is 15.2. The quantitative estimate of drug-likeness (QED) is 0.622. The second-order valence-electron chi connectivity index (χ2n) is 2.76. The number of hydrogen-bond acceptors (Lipinski definition) is 4. The molecule has 0 fully saturated rings. The lowest BCUT2D eigenvalue weighted by atomic mass is 10.1. The molecule has 11 heavy (non-hydrogen) atoms. The van der Waals surface area contributed by atoms with E-state index in [0.717, 1.165) is 5.56 Å². The Morgan fingerprint density at radius 2 is 1.91 bits per heavy atom. The summed E-state index contributed by atoms with van der Waals surface area (Å²) in [7, 11) is 0. The molecule has 0 saturated heterocycles. The molecule has 1 heterocycles. The Bertz CT molecular complexity index is 257. The smallest absolute Gasteiger partial charge is 0.149 e. The maximum absolute atomic E-state index is 5.56. The van der Waals surface area contributed by atoms with E-state index in [9.17, 15) is 0 Å². The predicted octanol–water partition coefficient (Wildman–Crippen LogP) is 0.764. The van der Waals surface area contributed by atoms with Crippen molar-refractivity contribution in [2.45, 2.75) is 19.8 Å². The topological polar surface area (TPSA) is 77.8 Å². The average Bonchev–Trinajstić information content (AvgIpc) is 1.94. The van der Waals surface area contributed by atoms with Gasteiger partial charge in [-0.25, -0.2) is 0 Å². The zero-order valence-electron chi connectivity index (χ0n) is 6.70.